The fourth-order valence-electron chi connectivity index (χ4n) is 2.08. The van der Waals surface area contributed by atoms with E-state index >= 15 is 0 Å². The highest BCUT2D eigenvalue weighted by Crippen LogP contribution is 2.24. The van der Waals surface area contributed by atoms with Gasteiger partial charge in [0.25, 0.3) is 0 Å². The number of nitrogen functional groups attached to an aromatic ring is 1. The van der Waals surface area contributed by atoms with E-state index in [1.807, 2.05) is 18.9 Å². The standard InChI is InChI=1S/C15H23N3O3/c1-5-21-15(20)11-6-7-13(12(16)8-11)18(4)9-10(2)14(19)17-3/h6-8,10H,5,9,16H2,1-4H3,(H,17,19). The van der Waals surface area contributed by atoms with E-state index in [9.17, 15) is 9.59 Å². The molecule has 1 aromatic rings. The molecule has 0 bridgehead atoms. The van der Waals surface area contributed by atoms with Gasteiger partial charge in [-0.05, 0) is 25.1 Å². The molecule has 0 radical (unpaired) electrons. The van der Waals surface area contributed by atoms with Gasteiger partial charge >= 0.3 is 5.97 Å². The van der Waals surface area contributed by atoms with Gasteiger partial charge in [0.05, 0.1) is 29.5 Å². The van der Waals surface area contributed by atoms with Crippen LogP contribution in [0.15, 0.2) is 18.2 Å². The minimum Gasteiger partial charge on any atom is -0.462 e. The lowest BCUT2D eigenvalue weighted by Crippen LogP contribution is -2.34. The minimum absolute atomic E-state index is 0.0245. The van der Waals surface area contributed by atoms with Crippen molar-refractivity contribution in [3.05, 3.63) is 23.8 Å². The first-order valence-electron chi connectivity index (χ1n) is 6.90. The van der Waals surface area contributed by atoms with Crippen molar-refractivity contribution < 1.29 is 14.3 Å². The Bertz CT molecular complexity index is 517. The minimum atomic E-state index is -0.392. The molecule has 1 aromatic carbocycles. The van der Waals surface area contributed by atoms with Crippen molar-refractivity contribution in [1.29, 1.82) is 0 Å². The van der Waals surface area contributed by atoms with E-state index in [0.717, 1.165) is 5.69 Å². The summed E-state index contributed by atoms with van der Waals surface area (Å²) in [6, 6.07) is 5.03. The lowest BCUT2D eigenvalue weighted by Gasteiger charge is -2.24. The first kappa shape index (κ1) is 16.8. The number of carbonyl (C=O) groups is 2. The Labute approximate surface area is 125 Å². The summed E-state index contributed by atoms with van der Waals surface area (Å²) < 4.78 is 4.93. The van der Waals surface area contributed by atoms with Crippen LogP contribution in [-0.2, 0) is 9.53 Å². The summed E-state index contributed by atoms with van der Waals surface area (Å²) in [5.74, 6) is -0.579. The number of anilines is 2. The third kappa shape index (κ3) is 4.37. The summed E-state index contributed by atoms with van der Waals surface area (Å²) in [6.45, 7) is 4.45. The molecule has 6 nitrogen and oxygen atoms in total. The highest BCUT2D eigenvalue weighted by molar-refractivity contribution is 5.92. The van der Waals surface area contributed by atoms with Crippen molar-refractivity contribution in [3.63, 3.8) is 0 Å². The average Bonchev–Trinajstić information content (AvgIpc) is 2.46. The Morgan fingerprint density at radius 1 is 1.43 bits per heavy atom. The molecule has 0 aliphatic heterocycles. The summed E-state index contributed by atoms with van der Waals surface area (Å²) in [4.78, 5) is 25.1. The molecule has 6 heteroatoms. The lowest BCUT2D eigenvalue weighted by atomic mass is 10.1. The second-order valence-electron chi connectivity index (χ2n) is 4.89. The second kappa shape index (κ2) is 7.52. The number of nitrogens with two attached hydrogens (primary N) is 1. The maximum absolute atomic E-state index is 11.6. The zero-order valence-corrected chi connectivity index (χ0v) is 13.0. The monoisotopic (exact) mass is 293 g/mol. The third-order valence-electron chi connectivity index (χ3n) is 3.19. The maximum atomic E-state index is 11.6. The first-order valence-corrected chi connectivity index (χ1v) is 6.90. The van der Waals surface area contributed by atoms with Crippen molar-refractivity contribution in [2.24, 2.45) is 5.92 Å². The number of rotatable bonds is 6. The van der Waals surface area contributed by atoms with Crippen molar-refractivity contribution in [3.8, 4) is 0 Å². The number of amides is 1. The molecule has 1 rings (SSSR count). The summed E-state index contributed by atoms with van der Waals surface area (Å²) in [5.41, 5.74) is 7.67. The topological polar surface area (TPSA) is 84.7 Å². The van der Waals surface area contributed by atoms with E-state index in [2.05, 4.69) is 5.32 Å². The Kier molecular flexibility index (Phi) is 6.02. The molecule has 0 aromatic heterocycles. The van der Waals surface area contributed by atoms with Gasteiger partial charge in [-0.25, -0.2) is 4.79 Å². The van der Waals surface area contributed by atoms with Crippen LogP contribution in [0.3, 0.4) is 0 Å². The van der Waals surface area contributed by atoms with Crippen LogP contribution in [0.5, 0.6) is 0 Å². The maximum Gasteiger partial charge on any atom is 0.338 e. The van der Waals surface area contributed by atoms with Crippen LogP contribution in [0, 0.1) is 5.92 Å². The van der Waals surface area contributed by atoms with Gasteiger partial charge < -0.3 is 20.7 Å². The molecule has 3 N–H and O–H groups in total. The molecule has 1 atom stereocenters. The van der Waals surface area contributed by atoms with Crippen molar-refractivity contribution >= 4 is 23.3 Å². The van der Waals surface area contributed by atoms with Gasteiger partial charge in [0, 0.05) is 20.6 Å². The van der Waals surface area contributed by atoms with Crippen LogP contribution in [0.25, 0.3) is 0 Å². The molecule has 116 valence electrons. The van der Waals surface area contributed by atoms with Crippen molar-refractivity contribution in [1.82, 2.24) is 5.32 Å². The van der Waals surface area contributed by atoms with Crippen LogP contribution >= 0.6 is 0 Å². The van der Waals surface area contributed by atoms with Crippen molar-refractivity contribution in [2.45, 2.75) is 13.8 Å². The van der Waals surface area contributed by atoms with E-state index in [1.165, 1.54) is 0 Å². The van der Waals surface area contributed by atoms with Gasteiger partial charge in [-0.15, -0.1) is 0 Å². The molecular formula is C15H23N3O3. The number of esters is 1. The second-order valence-corrected chi connectivity index (χ2v) is 4.89. The summed E-state index contributed by atoms with van der Waals surface area (Å²) in [6.07, 6.45) is 0. The Morgan fingerprint density at radius 2 is 2.10 bits per heavy atom. The van der Waals surface area contributed by atoms with Crippen LogP contribution in [0.4, 0.5) is 11.4 Å². The van der Waals surface area contributed by atoms with E-state index in [-0.39, 0.29) is 11.8 Å². The zero-order chi connectivity index (χ0) is 16.0. The quantitative estimate of drug-likeness (QED) is 0.609. The lowest BCUT2D eigenvalue weighted by molar-refractivity contribution is -0.123. The Hall–Kier alpha value is -2.24. The molecule has 1 amide bonds. The van der Waals surface area contributed by atoms with Gasteiger partial charge in [-0.3, -0.25) is 4.79 Å². The van der Waals surface area contributed by atoms with E-state index in [0.29, 0.717) is 24.4 Å². The van der Waals surface area contributed by atoms with Crippen molar-refractivity contribution in [2.75, 3.05) is 37.9 Å². The normalized spacial score (nSPS) is 11.6. The van der Waals surface area contributed by atoms with Crippen LogP contribution < -0.4 is 16.0 Å². The number of nitrogens with zero attached hydrogens (tertiary/aromatic N) is 1. The number of hydrogen-bond donors (Lipinski definition) is 2. The number of nitrogens with one attached hydrogen (secondary N) is 1. The molecule has 0 heterocycles. The van der Waals surface area contributed by atoms with E-state index < -0.39 is 5.97 Å². The molecule has 0 spiro atoms. The van der Waals surface area contributed by atoms with Crippen LogP contribution in [0.2, 0.25) is 0 Å². The first-order chi connectivity index (χ1) is 9.90. The summed E-state index contributed by atoms with van der Waals surface area (Å²) in [7, 11) is 3.47. The van der Waals surface area contributed by atoms with Crippen LogP contribution in [0.1, 0.15) is 24.2 Å². The molecular weight excluding hydrogens is 270 g/mol. The van der Waals surface area contributed by atoms with Crippen LogP contribution in [-0.4, -0.2) is 39.1 Å². The zero-order valence-electron chi connectivity index (χ0n) is 13.0. The van der Waals surface area contributed by atoms with Gasteiger partial charge in [-0.1, -0.05) is 6.92 Å². The van der Waals surface area contributed by atoms with E-state index in [4.69, 9.17) is 10.5 Å². The smallest absolute Gasteiger partial charge is 0.338 e. The Balaban J connectivity index is 2.84. The fraction of sp³-hybridized carbons (Fsp3) is 0.467. The van der Waals surface area contributed by atoms with Gasteiger partial charge in [0.1, 0.15) is 0 Å². The Morgan fingerprint density at radius 3 is 2.62 bits per heavy atom. The number of hydrogen-bond acceptors (Lipinski definition) is 5. The fourth-order valence-corrected chi connectivity index (χ4v) is 2.08. The molecule has 1 unspecified atom stereocenters. The predicted molar refractivity (Wildman–Crippen MR) is 83.3 cm³/mol. The molecule has 0 saturated carbocycles. The van der Waals surface area contributed by atoms with Gasteiger partial charge in [0.15, 0.2) is 0 Å². The molecule has 0 aliphatic rings. The summed E-state index contributed by atoms with van der Waals surface area (Å²) in [5, 5.41) is 2.62. The molecule has 0 aliphatic carbocycles. The highest BCUT2D eigenvalue weighted by atomic mass is 16.5. The molecule has 21 heavy (non-hydrogen) atoms. The molecule has 0 fully saturated rings. The number of benzene rings is 1. The average molecular weight is 293 g/mol. The van der Waals surface area contributed by atoms with E-state index in [1.54, 1.807) is 32.2 Å². The molecule has 0 saturated heterocycles. The third-order valence-corrected chi connectivity index (χ3v) is 3.19. The highest BCUT2D eigenvalue weighted by Gasteiger charge is 2.16. The summed E-state index contributed by atoms with van der Waals surface area (Å²) >= 11 is 0. The largest absolute Gasteiger partial charge is 0.462 e. The number of carbonyl (C=O) groups excluding carboxylic acids is 2. The van der Waals surface area contributed by atoms with Gasteiger partial charge in [-0.2, -0.15) is 0 Å². The SMILES string of the molecule is CCOC(=O)c1ccc(N(C)CC(C)C(=O)NC)c(N)c1. The predicted octanol–water partition coefficient (Wildman–Crippen LogP) is 1.26. The number of ether oxygens (including phenoxy) is 1. The van der Waals surface area contributed by atoms with Gasteiger partial charge in [0.2, 0.25) is 5.91 Å².